The molecule has 0 unspecified atom stereocenters. The number of rotatable bonds is 0. The Kier molecular flexibility index (Phi) is 1.13. The number of fused-ring (bicyclic) bond motifs is 2. The minimum Gasteiger partial charge on any atom is -0.289 e. The van der Waals surface area contributed by atoms with Crippen molar-refractivity contribution < 1.29 is 4.79 Å². The molecule has 9 heavy (non-hydrogen) atoms. The molecule has 1 nitrogen and oxygen atoms in total. The summed E-state index contributed by atoms with van der Waals surface area (Å²) >= 11 is 0. The lowest BCUT2D eigenvalue weighted by molar-refractivity contribution is 0.102. The first-order valence-corrected chi connectivity index (χ1v) is 2.53. The van der Waals surface area contributed by atoms with Crippen LogP contribution in [-0.4, -0.2) is 5.78 Å². The van der Waals surface area contributed by atoms with E-state index in [0.717, 1.165) is 11.1 Å². The lowest BCUT2D eigenvalue weighted by atomic mass is 9.92. The second-order valence-electron chi connectivity index (χ2n) is 1.91. The molecule has 0 aromatic heterocycles. The molecule has 1 aromatic carbocycles. The number of carbonyl (C=O) groups excluding carboxylic acids is 1. The van der Waals surface area contributed by atoms with Crippen LogP contribution in [0, 0.1) is 0 Å². The van der Waals surface area contributed by atoms with Gasteiger partial charge in [0.1, 0.15) is 0 Å². The Labute approximate surface area is 54.3 Å². The van der Waals surface area contributed by atoms with Crippen molar-refractivity contribution in [2.24, 2.45) is 0 Å². The van der Waals surface area contributed by atoms with E-state index < -0.39 is 0 Å². The van der Waals surface area contributed by atoms with Crippen LogP contribution in [0.15, 0.2) is 24.3 Å². The Balaban J connectivity index is 0.000000405. The van der Waals surface area contributed by atoms with Gasteiger partial charge in [0.05, 0.1) is 0 Å². The average molecular weight is 120 g/mol. The molecule has 0 amide bonds. The van der Waals surface area contributed by atoms with Gasteiger partial charge in [-0.05, 0) is 6.07 Å². The van der Waals surface area contributed by atoms with Crippen molar-refractivity contribution in [2.45, 2.75) is 7.43 Å². The van der Waals surface area contributed by atoms with E-state index in [1.165, 1.54) is 0 Å². The molecule has 0 radical (unpaired) electrons. The second-order valence-corrected chi connectivity index (χ2v) is 1.91. The van der Waals surface area contributed by atoms with Crippen LogP contribution in [0.4, 0.5) is 0 Å². The quantitative estimate of drug-likeness (QED) is 0.518. The first kappa shape index (κ1) is 6.02. The second kappa shape index (κ2) is 1.69. The van der Waals surface area contributed by atoms with Gasteiger partial charge in [0.2, 0.25) is 0 Å². The molecule has 0 saturated carbocycles. The zero-order valence-corrected chi connectivity index (χ0v) is 4.22. The molecule has 1 heteroatoms. The molecule has 2 aliphatic carbocycles. The molecule has 0 N–H and O–H groups in total. The van der Waals surface area contributed by atoms with E-state index >= 15 is 0 Å². The molecule has 0 saturated heterocycles. The first-order valence-electron chi connectivity index (χ1n) is 2.53. The van der Waals surface area contributed by atoms with E-state index in [1.807, 2.05) is 24.3 Å². The van der Waals surface area contributed by atoms with Crippen molar-refractivity contribution in [3.63, 3.8) is 0 Å². The van der Waals surface area contributed by atoms with Gasteiger partial charge in [0.15, 0.2) is 5.78 Å². The monoisotopic (exact) mass is 120 g/mol. The maximum absolute atomic E-state index is 10.7. The zero-order valence-electron chi connectivity index (χ0n) is 4.22. The van der Waals surface area contributed by atoms with Crippen LogP contribution in [0.2, 0.25) is 0 Å². The van der Waals surface area contributed by atoms with Gasteiger partial charge in [0.25, 0.3) is 0 Å². The highest BCUT2D eigenvalue weighted by Crippen LogP contribution is 2.19. The summed E-state index contributed by atoms with van der Waals surface area (Å²) in [6.45, 7) is 0. The van der Waals surface area contributed by atoms with Gasteiger partial charge in [-0.1, -0.05) is 25.6 Å². The van der Waals surface area contributed by atoms with Gasteiger partial charge in [0, 0.05) is 11.1 Å². The Bertz CT molecular complexity index is 222. The average Bonchev–Trinajstić information content (AvgIpc) is 1.89. The topological polar surface area (TPSA) is 17.1 Å². The maximum Gasteiger partial charge on any atom is 0.193 e. The highest BCUT2D eigenvalue weighted by molar-refractivity contribution is 6.16. The van der Waals surface area contributed by atoms with Crippen molar-refractivity contribution in [2.75, 3.05) is 0 Å². The van der Waals surface area contributed by atoms with Crippen molar-refractivity contribution in [3.8, 4) is 0 Å². The van der Waals surface area contributed by atoms with Gasteiger partial charge >= 0.3 is 0 Å². The summed E-state index contributed by atoms with van der Waals surface area (Å²) in [7, 11) is 0. The normalized spacial score (nSPS) is 11.8. The van der Waals surface area contributed by atoms with Crippen LogP contribution in [0.3, 0.4) is 0 Å². The highest BCUT2D eigenvalue weighted by Gasteiger charge is 2.17. The van der Waals surface area contributed by atoms with Crippen LogP contribution >= 0.6 is 0 Å². The summed E-state index contributed by atoms with van der Waals surface area (Å²) in [6, 6.07) is 7.44. The van der Waals surface area contributed by atoms with Crippen molar-refractivity contribution in [3.05, 3.63) is 35.4 Å². The standard InChI is InChI=1S/C7H4O.CH4/c8-7-5-2-1-3-6(7)4-5;/h1-4H;1H4. The van der Waals surface area contributed by atoms with Gasteiger partial charge < -0.3 is 0 Å². The van der Waals surface area contributed by atoms with Crippen molar-refractivity contribution >= 4 is 5.78 Å². The minimum atomic E-state index is 0. The molecule has 0 aliphatic heterocycles. The summed E-state index contributed by atoms with van der Waals surface area (Å²) in [6.07, 6.45) is 0. The summed E-state index contributed by atoms with van der Waals surface area (Å²) in [4.78, 5) is 10.7. The molecule has 0 fully saturated rings. The number of carbonyl (C=O) groups is 1. The lowest BCUT2D eigenvalue weighted by Gasteiger charge is -2.10. The summed E-state index contributed by atoms with van der Waals surface area (Å²) in [5.41, 5.74) is 1.70. The molecular weight excluding hydrogens is 112 g/mol. The van der Waals surface area contributed by atoms with Crippen LogP contribution in [-0.2, 0) is 0 Å². The van der Waals surface area contributed by atoms with E-state index in [9.17, 15) is 4.79 Å². The molecule has 3 rings (SSSR count). The van der Waals surface area contributed by atoms with E-state index in [1.54, 1.807) is 0 Å². The van der Waals surface area contributed by atoms with Gasteiger partial charge in [-0.3, -0.25) is 4.79 Å². The van der Waals surface area contributed by atoms with Crippen LogP contribution < -0.4 is 0 Å². The predicted octanol–water partition coefficient (Wildman–Crippen LogP) is 1.87. The third kappa shape index (κ3) is 0.578. The number of benzene rings is 1. The third-order valence-electron chi connectivity index (χ3n) is 1.39. The Hall–Kier alpha value is -1.11. The molecule has 0 atom stereocenters. The Morgan fingerprint density at radius 2 is 1.67 bits per heavy atom. The predicted molar refractivity (Wildman–Crippen MR) is 36.6 cm³/mol. The number of ketones is 1. The molecule has 2 aliphatic rings. The van der Waals surface area contributed by atoms with Crippen molar-refractivity contribution in [1.29, 1.82) is 0 Å². The summed E-state index contributed by atoms with van der Waals surface area (Å²) in [5.74, 6) is 0.201. The highest BCUT2D eigenvalue weighted by atomic mass is 16.1. The lowest BCUT2D eigenvalue weighted by Crippen LogP contribution is -2.10. The van der Waals surface area contributed by atoms with E-state index in [-0.39, 0.29) is 13.2 Å². The SMILES string of the molecule is C.O=C1c2cccc1c2. The van der Waals surface area contributed by atoms with E-state index in [0.29, 0.717) is 0 Å². The summed E-state index contributed by atoms with van der Waals surface area (Å²) < 4.78 is 0. The molecule has 0 spiro atoms. The van der Waals surface area contributed by atoms with Gasteiger partial charge in [-0.2, -0.15) is 0 Å². The van der Waals surface area contributed by atoms with Gasteiger partial charge in [-0.15, -0.1) is 0 Å². The summed E-state index contributed by atoms with van der Waals surface area (Å²) in [5, 5.41) is 0. The van der Waals surface area contributed by atoms with Crippen molar-refractivity contribution in [1.82, 2.24) is 0 Å². The Morgan fingerprint density at radius 1 is 1.11 bits per heavy atom. The number of hydrogen-bond acceptors (Lipinski definition) is 1. The number of hydrogen-bond donors (Lipinski definition) is 0. The zero-order chi connectivity index (χ0) is 5.56. The molecule has 46 valence electrons. The third-order valence-corrected chi connectivity index (χ3v) is 1.39. The fourth-order valence-electron chi connectivity index (χ4n) is 0.891. The molecule has 2 bridgehead atoms. The maximum atomic E-state index is 10.7. The fraction of sp³-hybridized carbons (Fsp3) is 0.125. The van der Waals surface area contributed by atoms with Gasteiger partial charge in [-0.25, -0.2) is 0 Å². The minimum absolute atomic E-state index is 0. The van der Waals surface area contributed by atoms with Crippen LogP contribution in [0.5, 0.6) is 0 Å². The molecule has 0 heterocycles. The van der Waals surface area contributed by atoms with Crippen LogP contribution in [0.25, 0.3) is 0 Å². The van der Waals surface area contributed by atoms with E-state index in [4.69, 9.17) is 0 Å². The largest absolute Gasteiger partial charge is 0.289 e. The molecule has 1 aromatic rings. The fourth-order valence-corrected chi connectivity index (χ4v) is 0.891. The molecular formula is C8H8O. The smallest absolute Gasteiger partial charge is 0.193 e. The van der Waals surface area contributed by atoms with Crippen LogP contribution in [0.1, 0.15) is 23.3 Å². The van der Waals surface area contributed by atoms with E-state index in [2.05, 4.69) is 0 Å². The Morgan fingerprint density at radius 3 is 1.89 bits per heavy atom. The first-order chi connectivity index (χ1) is 3.88.